The molecule has 0 saturated heterocycles. The van der Waals surface area contributed by atoms with Crippen LogP contribution in [-0.4, -0.2) is 36.3 Å². The van der Waals surface area contributed by atoms with Crippen molar-refractivity contribution in [2.45, 2.75) is 6.92 Å². The largest absolute Gasteiger partial charge is 0.495 e. The van der Waals surface area contributed by atoms with Gasteiger partial charge in [-0.3, -0.25) is 19.7 Å². The number of non-ortho nitro benzene ring substituents is 1. The lowest BCUT2D eigenvalue weighted by molar-refractivity contribution is -0.384. The summed E-state index contributed by atoms with van der Waals surface area (Å²) in [4.78, 5) is 48.1. The summed E-state index contributed by atoms with van der Waals surface area (Å²) < 4.78 is 10.2. The molecule has 0 aliphatic rings. The van der Waals surface area contributed by atoms with Crippen LogP contribution >= 0.6 is 0 Å². The zero-order valence-electron chi connectivity index (χ0n) is 17.9. The Hall–Kier alpha value is -4.53. The fraction of sp³-hybridized carbons (Fsp3) is 0.125. The number of nitro benzene ring substituents is 1. The Morgan fingerprint density at radius 1 is 0.970 bits per heavy atom. The number of amides is 1. The number of benzene rings is 3. The molecule has 0 fully saturated rings. The molecule has 0 radical (unpaired) electrons. The van der Waals surface area contributed by atoms with Crippen LogP contribution in [0.5, 0.6) is 5.75 Å². The van der Waals surface area contributed by atoms with Gasteiger partial charge in [0.15, 0.2) is 12.4 Å². The monoisotopic (exact) mass is 448 g/mol. The van der Waals surface area contributed by atoms with Crippen LogP contribution in [0.15, 0.2) is 66.7 Å². The molecule has 0 unspecified atom stereocenters. The van der Waals surface area contributed by atoms with Gasteiger partial charge < -0.3 is 14.8 Å². The van der Waals surface area contributed by atoms with E-state index in [4.69, 9.17) is 9.47 Å². The van der Waals surface area contributed by atoms with Gasteiger partial charge in [-0.1, -0.05) is 48.0 Å². The lowest BCUT2D eigenvalue weighted by Gasteiger charge is -2.11. The van der Waals surface area contributed by atoms with E-state index in [9.17, 15) is 24.5 Å². The summed E-state index contributed by atoms with van der Waals surface area (Å²) in [6, 6.07) is 16.8. The number of methoxy groups -OCH3 is 1. The molecule has 0 heterocycles. The Labute approximate surface area is 189 Å². The Bertz CT molecular complexity index is 1220. The average Bonchev–Trinajstić information content (AvgIpc) is 2.82. The third kappa shape index (κ3) is 5.59. The molecule has 3 aromatic carbocycles. The van der Waals surface area contributed by atoms with Crippen molar-refractivity contribution in [1.29, 1.82) is 0 Å². The van der Waals surface area contributed by atoms with Crippen LogP contribution in [0.1, 0.15) is 31.8 Å². The zero-order chi connectivity index (χ0) is 24.0. The highest BCUT2D eigenvalue weighted by Gasteiger charge is 2.20. The number of rotatable bonds is 8. The molecule has 0 aliphatic heterocycles. The zero-order valence-corrected chi connectivity index (χ0v) is 17.9. The summed E-state index contributed by atoms with van der Waals surface area (Å²) in [7, 11) is 1.35. The first-order valence-corrected chi connectivity index (χ1v) is 9.80. The topological polar surface area (TPSA) is 125 Å². The molecule has 9 nitrogen and oxygen atoms in total. The molecule has 0 aliphatic carbocycles. The second-order valence-electron chi connectivity index (χ2n) is 7.01. The van der Waals surface area contributed by atoms with E-state index in [1.807, 2.05) is 6.92 Å². The average molecular weight is 448 g/mol. The number of nitrogens with zero attached hydrogens (tertiary/aromatic N) is 1. The molecule has 0 aromatic heterocycles. The predicted octanol–water partition coefficient (Wildman–Crippen LogP) is 3.94. The van der Waals surface area contributed by atoms with Crippen LogP contribution < -0.4 is 10.1 Å². The minimum Gasteiger partial charge on any atom is -0.495 e. The third-order valence-corrected chi connectivity index (χ3v) is 4.71. The number of ketones is 1. The molecular weight excluding hydrogens is 428 g/mol. The van der Waals surface area contributed by atoms with Gasteiger partial charge >= 0.3 is 5.97 Å². The van der Waals surface area contributed by atoms with Gasteiger partial charge in [-0.05, 0) is 19.1 Å². The highest BCUT2D eigenvalue weighted by Crippen LogP contribution is 2.28. The van der Waals surface area contributed by atoms with Crippen molar-refractivity contribution in [3.05, 3.63) is 99.1 Å². The summed E-state index contributed by atoms with van der Waals surface area (Å²) in [5, 5.41) is 13.4. The number of anilines is 1. The molecule has 3 rings (SSSR count). The minimum atomic E-state index is -0.854. The van der Waals surface area contributed by atoms with Crippen molar-refractivity contribution in [3.8, 4) is 5.75 Å². The standard InChI is InChI=1S/C24H20N2O7/c1-15-7-9-16(10-8-15)23(28)18-5-3-4-6-19(18)24(29)33-14-22(27)25-20-13-17(26(30)31)11-12-21(20)32-2/h3-13H,14H2,1-2H3,(H,25,27). The van der Waals surface area contributed by atoms with Crippen LogP contribution in [0.3, 0.4) is 0 Å². The van der Waals surface area contributed by atoms with Crippen LogP contribution in [0, 0.1) is 17.0 Å². The fourth-order valence-corrected chi connectivity index (χ4v) is 3.02. The summed E-state index contributed by atoms with van der Waals surface area (Å²) in [5.74, 6) is -1.74. The van der Waals surface area contributed by atoms with E-state index in [0.29, 0.717) is 5.56 Å². The second-order valence-corrected chi connectivity index (χ2v) is 7.01. The maximum Gasteiger partial charge on any atom is 0.339 e. The number of nitro groups is 1. The van der Waals surface area contributed by atoms with E-state index in [2.05, 4.69) is 5.32 Å². The number of nitrogens with one attached hydrogen (secondary N) is 1. The van der Waals surface area contributed by atoms with E-state index in [1.165, 1.54) is 31.4 Å². The van der Waals surface area contributed by atoms with Gasteiger partial charge in [-0.15, -0.1) is 0 Å². The SMILES string of the molecule is COc1ccc([N+](=O)[O-])cc1NC(=O)COC(=O)c1ccccc1C(=O)c1ccc(C)cc1. The number of aryl methyl sites for hydroxylation is 1. The summed E-state index contributed by atoms with van der Waals surface area (Å²) in [6.07, 6.45) is 0. The molecule has 1 amide bonds. The number of ether oxygens (including phenoxy) is 2. The normalized spacial score (nSPS) is 10.2. The van der Waals surface area contributed by atoms with E-state index in [0.717, 1.165) is 11.6 Å². The first-order chi connectivity index (χ1) is 15.8. The van der Waals surface area contributed by atoms with Crippen molar-refractivity contribution in [2.24, 2.45) is 0 Å². The smallest absolute Gasteiger partial charge is 0.339 e. The lowest BCUT2D eigenvalue weighted by Crippen LogP contribution is -2.22. The van der Waals surface area contributed by atoms with E-state index >= 15 is 0 Å². The lowest BCUT2D eigenvalue weighted by atomic mass is 9.98. The van der Waals surface area contributed by atoms with Gasteiger partial charge in [-0.2, -0.15) is 0 Å². The first kappa shape index (κ1) is 23.1. The van der Waals surface area contributed by atoms with Gasteiger partial charge in [0.2, 0.25) is 0 Å². The molecule has 33 heavy (non-hydrogen) atoms. The van der Waals surface area contributed by atoms with Gasteiger partial charge in [0.05, 0.1) is 23.3 Å². The Morgan fingerprint density at radius 2 is 1.64 bits per heavy atom. The van der Waals surface area contributed by atoms with Crippen molar-refractivity contribution >= 4 is 29.0 Å². The number of hydrogen-bond donors (Lipinski definition) is 1. The molecule has 9 heteroatoms. The Balaban J connectivity index is 1.71. The third-order valence-electron chi connectivity index (χ3n) is 4.71. The van der Waals surface area contributed by atoms with Gasteiger partial charge in [0, 0.05) is 23.3 Å². The van der Waals surface area contributed by atoms with Gasteiger partial charge in [-0.25, -0.2) is 4.79 Å². The quantitative estimate of drug-likeness (QED) is 0.239. The van der Waals surface area contributed by atoms with Crippen LogP contribution in [-0.2, 0) is 9.53 Å². The molecular formula is C24H20N2O7. The molecule has 168 valence electrons. The summed E-state index contributed by atoms with van der Waals surface area (Å²) >= 11 is 0. The maximum atomic E-state index is 12.9. The first-order valence-electron chi connectivity index (χ1n) is 9.80. The van der Waals surface area contributed by atoms with E-state index < -0.39 is 23.4 Å². The van der Waals surface area contributed by atoms with Gasteiger partial charge in [0.1, 0.15) is 5.75 Å². The van der Waals surface area contributed by atoms with Crippen molar-refractivity contribution in [1.82, 2.24) is 0 Å². The maximum absolute atomic E-state index is 12.9. The molecule has 3 aromatic rings. The van der Waals surface area contributed by atoms with Crippen molar-refractivity contribution in [3.63, 3.8) is 0 Å². The predicted molar refractivity (Wildman–Crippen MR) is 120 cm³/mol. The number of hydrogen-bond acceptors (Lipinski definition) is 7. The second kappa shape index (κ2) is 10.2. The molecule has 0 saturated carbocycles. The summed E-state index contributed by atoms with van der Waals surface area (Å²) in [6.45, 7) is 1.23. The van der Waals surface area contributed by atoms with Gasteiger partial charge in [0.25, 0.3) is 11.6 Å². The van der Waals surface area contributed by atoms with Crippen LogP contribution in [0.2, 0.25) is 0 Å². The minimum absolute atomic E-state index is 0.0174. The number of esters is 1. The Kier molecular flexibility index (Phi) is 7.14. The van der Waals surface area contributed by atoms with Crippen LogP contribution in [0.4, 0.5) is 11.4 Å². The van der Waals surface area contributed by atoms with Crippen molar-refractivity contribution < 1.29 is 28.8 Å². The molecule has 0 bridgehead atoms. The van der Waals surface area contributed by atoms with Crippen LogP contribution in [0.25, 0.3) is 0 Å². The fourth-order valence-electron chi connectivity index (χ4n) is 3.02. The van der Waals surface area contributed by atoms with E-state index in [-0.39, 0.29) is 34.0 Å². The highest BCUT2D eigenvalue weighted by atomic mass is 16.6. The molecule has 0 spiro atoms. The van der Waals surface area contributed by atoms with Crippen molar-refractivity contribution in [2.75, 3.05) is 19.0 Å². The Morgan fingerprint density at radius 3 is 2.27 bits per heavy atom. The summed E-state index contributed by atoms with van der Waals surface area (Å²) in [5.41, 5.74) is 1.38. The number of carbonyl (C=O) groups is 3. The molecule has 0 atom stereocenters. The number of carbonyl (C=O) groups excluding carboxylic acids is 3. The molecule has 1 N–H and O–H groups in total. The highest BCUT2D eigenvalue weighted by molar-refractivity contribution is 6.14. The van der Waals surface area contributed by atoms with E-state index in [1.54, 1.807) is 36.4 Å².